The fourth-order valence-corrected chi connectivity index (χ4v) is 3.96. The number of nitrogens with zero attached hydrogens (tertiary/aromatic N) is 3. The van der Waals surface area contributed by atoms with Gasteiger partial charge in [-0.2, -0.15) is 0 Å². The Morgan fingerprint density at radius 2 is 2.15 bits per heavy atom. The molecule has 1 N–H and O–H groups in total. The van der Waals surface area contributed by atoms with E-state index in [1.807, 2.05) is 6.20 Å². The molecule has 1 saturated carbocycles. The zero-order chi connectivity index (χ0) is 14.0. The number of hydrogen-bond acceptors (Lipinski definition) is 3. The van der Waals surface area contributed by atoms with Crippen molar-refractivity contribution in [1.82, 2.24) is 19.8 Å². The summed E-state index contributed by atoms with van der Waals surface area (Å²) >= 11 is 0. The third-order valence-corrected chi connectivity index (χ3v) is 5.32. The maximum absolute atomic E-state index is 4.32. The van der Waals surface area contributed by atoms with E-state index in [0.29, 0.717) is 11.6 Å². The van der Waals surface area contributed by atoms with Crippen molar-refractivity contribution in [1.29, 1.82) is 0 Å². The Bertz CT molecular complexity index is 433. The number of aromatic nitrogens is 2. The Hall–Kier alpha value is -0.870. The van der Waals surface area contributed by atoms with Gasteiger partial charge in [0.15, 0.2) is 0 Å². The molecule has 0 bridgehead atoms. The maximum atomic E-state index is 4.32. The molecule has 1 aromatic heterocycles. The second-order valence-electron chi connectivity index (χ2n) is 6.57. The largest absolute Gasteiger partial charge is 0.334 e. The predicted molar refractivity (Wildman–Crippen MR) is 81.8 cm³/mol. The quantitative estimate of drug-likeness (QED) is 0.915. The summed E-state index contributed by atoms with van der Waals surface area (Å²) in [4.78, 5) is 7.05. The van der Waals surface area contributed by atoms with Crippen LogP contribution in [-0.2, 0) is 6.54 Å². The molecule has 20 heavy (non-hydrogen) atoms. The molecule has 2 fully saturated rings. The minimum atomic E-state index is 0.426. The van der Waals surface area contributed by atoms with Gasteiger partial charge in [-0.1, -0.05) is 19.8 Å². The molecule has 1 aromatic rings. The van der Waals surface area contributed by atoms with Crippen molar-refractivity contribution in [2.45, 2.75) is 64.1 Å². The zero-order valence-electron chi connectivity index (χ0n) is 12.9. The van der Waals surface area contributed by atoms with Crippen LogP contribution >= 0.6 is 0 Å². The lowest BCUT2D eigenvalue weighted by atomic mass is 9.91. The highest BCUT2D eigenvalue weighted by atomic mass is 15.3. The topological polar surface area (TPSA) is 33.1 Å². The summed E-state index contributed by atoms with van der Waals surface area (Å²) in [6.45, 7) is 9.03. The lowest BCUT2D eigenvalue weighted by molar-refractivity contribution is 0.0750. The van der Waals surface area contributed by atoms with Gasteiger partial charge in [0.2, 0.25) is 0 Å². The van der Waals surface area contributed by atoms with Crippen LogP contribution in [0.5, 0.6) is 0 Å². The monoisotopic (exact) mass is 276 g/mol. The number of piperazine rings is 1. The smallest absolute Gasteiger partial charge is 0.105 e. The van der Waals surface area contributed by atoms with Gasteiger partial charge in [-0.15, -0.1) is 0 Å². The summed E-state index contributed by atoms with van der Waals surface area (Å²) in [5.74, 6) is 1.13. The zero-order valence-corrected chi connectivity index (χ0v) is 12.9. The van der Waals surface area contributed by atoms with Crippen LogP contribution in [0.1, 0.15) is 44.9 Å². The Morgan fingerprint density at radius 1 is 1.35 bits per heavy atom. The van der Waals surface area contributed by atoms with E-state index in [9.17, 15) is 0 Å². The first-order valence-corrected chi connectivity index (χ1v) is 8.19. The highest BCUT2D eigenvalue weighted by Gasteiger charge is 2.40. The molecule has 2 heterocycles. The summed E-state index contributed by atoms with van der Waals surface area (Å²) in [7, 11) is 0. The molecule has 0 amide bonds. The fourth-order valence-electron chi connectivity index (χ4n) is 3.96. The molecule has 1 aliphatic heterocycles. The summed E-state index contributed by atoms with van der Waals surface area (Å²) in [6.07, 6.45) is 10.8. The van der Waals surface area contributed by atoms with E-state index in [0.717, 1.165) is 18.9 Å². The van der Waals surface area contributed by atoms with E-state index in [4.69, 9.17) is 0 Å². The average molecular weight is 276 g/mol. The van der Waals surface area contributed by atoms with Gasteiger partial charge >= 0.3 is 0 Å². The molecule has 112 valence electrons. The molecule has 0 radical (unpaired) electrons. The second-order valence-corrected chi connectivity index (χ2v) is 6.57. The van der Waals surface area contributed by atoms with Crippen LogP contribution in [0.15, 0.2) is 12.4 Å². The standard InChI is InChI=1S/C16H28N4/c1-3-15-12-18-16(6-4-5-7-16)13-20(15)11-10-19-9-8-17-14(19)2/h8-9,15,18H,3-7,10-13H2,1-2H3. The van der Waals surface area contributed by atoms with Crippen molar-refractivity contribution in [3.05, 3.63) is 18.2 Å². The molecule has 1 unspecified atom stereocenters. The Balaban J connectivity index is 1.63. The van der Waals surface area contributed by atoms with Crippen molar-refractivity contribution in [2.75, 3.05) is 19.6 Å². The highest BCUT2D eigenvalue weighted by molar-refractivity contribution is 5.01. The molecular formula is C16H28N4. The van der Waals surface area contributed by atoms with Crippen LogP contribution in [0.3, 0.4) is 0 Å². The molecule has 4 nitrogen and oxygen atoms in total. The van der Waals surface area contributed by atoms with Gasteiger partial charge in [0.05, 0.1) is 0 Å². The fraction of sp³-hybridized carbons (Fsp3) is 0.812. The molecular weight excluding hydrogens is 248 g/mol. The first-order valence-electron chi connectivity index (χ1n) is 8.19. The summed E-state index contributed by atoms with van der Waals surface area (Å²) in [5.41, 5.74) is 0.426. The van der Waals surface area contributed by atoms with Gasteiger partial charge in [0.25, 0.3) is 0 Å². The van der Waals surface area contributed by atoms with Crippen LogP contribution in [0.4, 0.5) is 0 Å². The van der Waals surface area contributed by atoms with Crippen LogP contribution in [0.2, 0.25) is 0 Å². The van der Waals surface area contributed by atoms with Crippen molar-refractivity contribution in [3.8, 4) is 0 Å². The van der Waals surface area contributed by atoms with Gasteiger partial charge in [-0.25, -0.2) is 4.98 Å². The molecule has 1 spiro atoms. The minimum absolute atomic E-state index is 0.426. The number of aryl methyl sites for hydroxylation is 1. The van der Waals surface area contributed by atoms with Crippen molar-refractivity contribution >= 4 is 0 Å². The first-order chi connectivity index (χ1) is 9.72. The van der Waals surface area contributed by atoms with E-state index >= 15 is 0 Å². The SMILES string of the molecule is CCC1CNC2(CCCC2)CN1CCn1ccnc1C. The summed E-state index contributed by atoms with van der Waals surface area (Å²) < 4.78 is 2.27. The molecule has 2 aliphatic rings. The van der Waals surface area contributed by atoms with E-state index in [1.165, 1.54) is 45.2 Å². The van der Waals surface area contributed by atoms with E-state index in [1.54, 1.807) is 0 Å². The lowest BCUT2D eigenvalue weighted by Crippen LogP contribution is -2.63. The van der Waals surface area contributed by atoms with Crippen LogP contribution in [0, 0.1) is 6.92 Å². The van der Waals surface area contributed by atoms with Crippen molar-refractivity contribution in [2.24, 2.45) is 0 Å². The second kappa shape index (κ2) is 5.86. The van der Waals surface area contributed by atoms with Gasteiger partial charge in [0, 0.05) is 50.2 Å². The Kier molecular flexibility index (Phi) is 4.13. The third kappa shape index (κ3) is 2.77. The minimum Gasteiger partial charge on any atom is -0.334 e. The Morgan fingerprint density at radius 3 is 2.80 bits per heavy atom. The van der Waals surface area contributed by atoms with Crippen molar-refractivity contribution < 1.29 is 0 Å². The van der Waals surface area contributed by atoms with Crippen molar-refractivity contribution in [3.63, 3.8) is 0 Å². The lowest BCUT2D eigenvalue weighted by Gasteiger charge is -2.46. The number of hydrogen-bond donors (Lipinski definition) is 1. The number of rotatable bonds is 4. The molecule has 1 aliphatic carbocycles. The highest BCUT2D eigenvalue weighted by Crippen LogP contribution is 2.33. The number of nitrogens with one attached hydrogen (secondary N) is 1. The van der Waals surface area contributed by atoms with E-state index in [2.05, 4.69) is 39.8 Å². The van der Waals surface area contributed by atoms with Gasteiger partial charge in [-0.05, 0) is 26.2 Å². The van der Waals surface area contributed by atoms with Crippen LogP contribution in [0.25, 0.3) is 0 Å². The van der Waals surface area contributed by atoms with Gasteiger partial charge in [0.1, 0.15) is 5.82 Å². The van der Waals surface area contributed by atoms with Gasteiger partial charge < -0.3 is 9.88 Å². The molecule has 3 rings (SSSR count). The average Bonchev–Trinajstić information content (AvgIpc) is 3.07. The normalized spacial score (nSPS) is 26.4. The van der Waals surface area contributed by atoms with E-state index < -0.39 is 0 Å². The van der Waals surface area contributed by atoms with Crippen LogP contribution in [-0.4, -0.2) is 45.7 Å². The molecule has 1 saturated heterocycles. The maximum Gasteiger partial charge on any atom is 0.105 e. The van der Waals surface area contributed by atoms with Crippen LogP contribution < -0.4 is 5.32 Å². The molecule has 1 atom stereocenters. The first kappa shape index (κ1) is 14.1. The summed E-state index contributed by atoms with van der Waals surface area (Å²) in [6, 6.07) is 0.699. The predicted octanol–water partition coefficient (Wildman–Crippen LogP) is 2.19. The Labute approximate surface area is 122 Å². The number of imidazole rings is 1. The van der Waals surface area contributed by atoms with Gasteiger partial charge in [-0.3, -0.25) is 4.90 Å². The molecule has 0 aromatic carbocycles. The van der Waals surface area contributed by atoms with E-state index in [-0.39, 0.29) is 0 Å². The third-order valence-electron chi connectivity index (χ3n) is 5.32. The summed E-state index contributed by atoms with van der Waals surface area (Å²) in [5, 5.41) is 3.87. The molecule has 4 heteroatoms.